The molecule has 64 heavy (non-hydrogen) atoms. The molecule has 1 aliphatic rings. The van der Waals surface area contributed by atoms with Crippen LogP contribution in [0.15, 0.2) is 109 Å². The molecule has 5 atom stereocenters. The lowest BCUT2D eigenvalue weighted by Gasteiger charge is -2.20. The maximum Gasteiger partial charge on any atom is 0.472 e. The van der Waals surface area contributed by atoms with Crippen molar-refractivity contribution in [3.05, 3.63) is 109 Å². The summed E-state index contributed by atoms with van der Waals surface area (Å²) in [5.74, 6) is -1.21. The average Bonchev–Trinajstić information content (AvgIpc) is 4.02. The van der Waals surface area contributed by atoms with E-state index in [9.17, 15) is 28.7 Å². The molecule has 0 bridgehead atoms. The third-order valence-corrected chi connectivity index (χ3v) is 10.5. The normalized spacial score (nSPS) is 18.1. The summed E-state index contributed by atoms with van der Waals surface area (Å²) in [5.41, 5.74) is 0. The molecule has 362 valence electrons. The van der Waals surface area contributed by atoms with Gasteiger partial charge in [-0.15, -0.1) is 0 Å². The molecule has 4 N–H and O–H groups in total. The number of aliphatic hydroxyl groups excluding tert-OH is 1. The number of allylic oxidation sites excluding steroid dienone is 16. The first-order valence-electron chi connectivity index (χ1n) is 22.7. The number of rotatable bonds is 40. The van der Waals surface area contributed by atoms with Crippen molar-refractivity contribution in [3.8, 4) is 0 Å². The van der Waals surface area contributed by atoms with E-state index in [2.05, 4.69) is 102 Å². The molecular weight excluding hydrogens is 862 g/mol. The van der Waals surface area contributed by atoms with E-state index in [0.717, 1.165) is 57.8 Å². The third kappa shape index (κ3) is 39.1. The van der Waals surface area contributed by atoms with Gasteiger partial charge >= 0.3 is 27.6 Å². The van der Waals surface area contributed by atoms with Gasteiger partial charge in [0, 0.05) is 12.8 Å². The van der Waals surface area contributed by atoms with Crippen LogP contribution in [-0.2, 0) is 46.5 Å². The monoisotopic (exact) mass is 938 g/mol. The average molecular weight is 939 g/mol. The number of unbranched alkanes of at least 4 members (excludes halogenated alkanes) is 4. The van der Waals surface area contributed by atoms with Gasteiger partial charge in [-0.05, 0) is 89.9 Å². The standard InChI is InChI=1S/C48H76O14P2/c1-3-5-7-9-11-12-13-14-15-16-17-18-19-20-21-22-25-29-33-37-47(50)57-41-44(42-60-64(55,56)59-40-43(49)39-58-63(52,53)54)61-48(51)38-34-30-26-23-24-28-32-36-46-45(62-46)35-31-27-10-8-6-4-2/h5,7,11-12,14-15,17-18,20-21,23,25-29,31-32,43-46,49H,3-4,6,8-10,13,16,19,22,24,30,33-42H2,1-2H3,(H,55,56)(H2,52,53,54)/b7-5-,12-11-,15-14-,18-17-,21-20-,26-23-,29-25-,31-27-,32-28-/t43-,44+,45?,46?/m0/s1. The Labute approximate surface area is 382 Å². The van der Waals surface area contributed by atoms with Crippen molar-refractivity contribution in [1.29, 1.82) is 0 Å². The fourth-order valence-corrected chi connectivity index (χ4v) is 6.68. The lowest BCUT2D eigenvalue weighted by Crippen LogP contribution is -2.29. The highest BCUT2D eigenvalue weighted by atomic mass is 31.2. The Hall–Kier alpha value is -3.26. The first-order valence-corrected chi connectivity index (χ1v) is 25.7. The van der Waals surface area contributed by atoms with Crippen molar-refractivity contribution < 1.29 is 66.3 Å². The second-order valence-electron chi connectivity index (χ2n) is 15.0. The molecule has 0 aromatic heterocycles. The summed E-state index contributed by atoms with van der Waals surface area (Å²) in [6.07, 6.45) is 49.9. The number of epoxide rings is 1. The summed E-state index contributed by atoms with van der Waals surface area (Å²) >= 11 is 0. The van der Waals surface area contributed by atoms with Gasteiger partial charge in [-0.3, -0.25) is 23.2 Å². The maximum atomic E-state index is 12.7. The number of hydrogen-bond acceptors (Lipinski definition) is 11. The Kier molecular flexibility index (Phi) is 35.8. The number of carbonyl (C=O) groups is 2. The predicted molar refractivity (Wildman–Crippen MR) is 252 cm³/mol. The van der Waals surface area contributed by atoms with E-state index in [1.807, 2.05) is 30.4 Å². The van der Waals surface area contributed by atoms with Gasteiger partial charge in [-0.1, -0.05) is 136 Å². The number of esters is 2. The minimum absolute atomic E-state index is 0.0276. The Morgan fingerprint density at radius 2 is 1.02 bits per heavy atom. The summed E-state index contributed by atoms with van der Waals surface area (Å²) in [6, 6.07) is 0. The third-order valence-electron chi connectivity index (χ3n) is 9.05. The van der Waals surface area contributed by atoms with Crippen molar-refractivity contribution in [1.82, 2.24) is 0 Å². The lowest BCUT2D eigenvalue weighted by molar-refractivity contribution is -0.161. The molecule has 3 unspecified atom stereocenters. The van der Waals surface area contributed by atoms with Crippen LogP contribution in [0.5, 0.6) is 0 Å². The number of phosphoric ester groups is 2. The Morgan fingerprint density at radius 3 is 1.58 bits per heavy atom. The van der Waals surface area contributed by atoms with Crippen molar-refractivity contribution in [2.75, 3.05) is 26.4 Å². The van der Waals surface area contributed by atoms with Gasteiger partial charge in [0.15, 0.2) is 6.10 Å². The van der Waals surface area contributed by atoms with Crippen LogP contribution in [0.25, 0.3) is 0 Å². The van der Waals surface area contributed by atoms with Crippen LogP contribution >= 0.6 is 15.6 Å². The number of hydrogen-bond donors (Lipinski definition) is 4. The molecule has 1 aliphatic heterocycles. The van der Waals surface area contributed by atoms with E-state index in [-0.39, 0.29) is 18.9 Å². The van der Waals surface area contributed by atoms with Gasteiger partial charge in [0.2, 0.25) is 0 Å². The first kappa shape index (κ1) is 58.8. The zero-order chi connectivity index (χ0) is 47.0. The molecule has 1 heterocycles. The molecule has 0 saturated carbocycles. The highest BCUT2D eigenvalue weighted by molar-refractivity contribution is 7.47. The zero-order valence-electron chi connectivity index (χ0n) is 38.0. The second-order valence-corrected chi connectivity index (χ2v) is 17.7. The second kappa shape index (κ2) is 39.0. The van der Waals surface area contributed by atoms with Crippen molar-refractivity contribution >= 4 is 27.6 Å². The molecule has 1 rings (SSSR count). The zero-order valence-corrected chi connectivity index (χ0v) is 39.8. The number of carbonyl (C=O) groups excluding carboxylic acids is 2. The van der Waals surface area contributed by atoms with Crippen LogP contribution in [0, 0.1) is 0 Å². The molecule has 0 aromatic rings. The largest absolute Gasteiger partial charge is 0.472 e. The van der Waals surface area contributed by atoms with E-state index in [1.165, 1.54) is 19.3 Å². The maximum absolute atomic E-state index is 12.7. The van der Waals surface area contributed by atoms with E-state index < -0.39 is 66.2 Å². The molecule has 1 fully saturated rings. The highest BCUT2D eigenvalue weighted by Crippen LogP contribution is 2.44. The molecule has 0 aromatic carbocycles. The summed E-state index contributed by atoms with van der Waals surface area (Å²) < 4.78 is 53.4. The van der Waals surface area contributed by atoms with Crippen LogP contribution in [-0.4, -0.2) is 82.6 Å². The minimum Gasteiger partial charge on any atom is -0.462 e. The summed E-state index contributed by atoms with van der Waals surface area (Å²) in [7, 11) is -9.74. The topological polar surface area (TPSA) is 208 Å². The van der Waals surface area contributed by atoms with Gasteiger partial charge in [0.25, 0.3) is 0 Å². The molecule has 0 spiro atoms. The Bertz CT molecular complexity index is 1610. The fraction of sp³-hybridized carbons (Fsp3) is 0.583. The van der Waals surface area contributed by atoms with Gasteiger partial charge in [0.05, 0.1) is 32.0 Å². The van der Waals surface area contributed by atoms with Gasteiger partial charge in [0.1, 0.15) is 12.7 Å². The lowest BCUT2D eigenvalue weighted by atomic mass is 10.1. The van der Waals surface area contributed by atoms with E-state index in [0.29, 0.717) is 31.8 Å². The summed E-state index contributed by atoms with van der Waals surface area (Å²) in [4.78, 5) is 52.7. The molecule has 0 aliphatic carbocycles. The number of ether oxygens (including phenoxy) is 3. The van der Waals surface area contributed by atoms with Crippen LogP contribution in [0.3, 0.4) is 0 Å². The van der Waals surface area contributed by atoms with Gasteiger partial charge in [-0.2, -0.15) is 0 Å². The summed E-state index contributed by atoms with van der Waals surface area (Å²) in [6.45, 7) is 1.44. The number of phosphoric acid groups is 2. The molecule has 0 amide bonds. The number of aliphatic hydroxyl groups is 1. The summed E-state index contributed by atoms with van der Waals surface area (Å²) in [5, 5.41) is 9.76. The Balaban J connectivity index is 2.45. The van der Waals surface area contributed by atoms with Gasteiger partial charge < -0.3 is 34.0 Å². The SMILES string of the molecule is CC/C=C\C/C=C\C/C=C\C/C=C\C/C=C\C/C=C\CCC(=O)OC[C@H](COP(=O)(O)OC[C@@H](O)COP(=O)(O)O)OC(=O)CCC/C=C\C/C=C\CC1OC1C/C=C\CCCCC. The smallest absolute Gasteiger partial charge is 0.462 e. The van der Waals surface area contributed by atoms with Crippen LogP contribution in [0.2, 0.25) is 0 Å². The van der Waals surface area contributed by atoms with Gasteiger partial charge in [-0.25, -0.2) is 9.13 Å². The van der Waals surface area contributed by atoms with Crippen molar-refractivity contribution in [2.45, 2.75) is 154 Å². The Morgan fingerprint density at radius 1 is 0.547 bits per heavy atom. The van der Waals surface area contributed by atoms with Crippen molar-refractivity contribution in [3.63, 3.8) is 0 Å². The van der Waals surface area contributed by atoms with Crippen LogP contribution in [0.4, 0.5) is 0 Å². The minimum atomic E-state index is -4.88. The molecule has 0 radical (unpaired) electrons. The van der Waals surface area contributed by atoms with E-state index >= 15 is 0 Å². The molecule has 1 saturated heterocycles. The van der Waals surface area contributed by atoms with Crippen molar-refractivity contribution in [2.24, 2.45) is 0 Å². The molecule has 14 nitrogen and oxygen atoms in total. The first-order chi connectivity index (χ1) is 30.8. The quantitative estimate of drug-likeness (QED) is 0.0148. The predicted octanol–water partition coefficient (Wildman–Crippen LogP) is 10.9. The fourth-order valence-electron chi connectivity index (χ4n) is 5.52. The van der Waals surface area contributed by atoms with E-state index in [4.69, 9.17) is 28.5 Å². The van der Waals surface area contributed by atoms with Crippen LogP contribution in [0.1, 0.15) is 129 Å². The highest BCUT2D eigenvalue weighted by Gasteiger charge is 2.36. The molecule has 16 heteroatoms. The van der Waals surface area contributed by atoms with Crippen LogP contribution < -0.4 is 0 Å². The van der Waals surface area contributed by atoms with E-state index in [1.54, 1.807) is 0 Å². The molecular formula is C48H76O14P2.